The van der Waals surface area contributed by atoms with Gasteiger partial charge in [-0.05, 0) is 44.0 Å². The molecule has 1 aromatic carbocycles. The normalized spacial score (nSPS) is 17.4. The molecule has 2 aromatic heterocycles. The Morgan fingerprint density at radius 1 is 1.34 bits per heavy atom. The summed E-state index contributed by atoms with van der Waals surface area (Å²) in [7, 11) is -3.82. The second-order valence-electron chi connectivity index (χ2n) is 7.48. The minimum atomic E-state index is -3.82. The second kappa shape index (κ2) is 8.89. The summed E-state index contributed by atoms with van der Waals surface area (Å²) in [5, 5.41) is 6.61. The van der Waals surface area contributed by atoms with E-state index in [0.717, 1.165) is 6.07 Å². The van der Waals surface area contributed by atoms with Gasteiger partial charge in [-0.2, -0.15) is 9.29 Å². The average molecular weight is 499 g/mol. The number of carbonyl (C=O) groups excluding carboxylic acids is 1. The lowest BCUT2D eigenvalue weighted by Crippen LogP contribution is -2.43. The van der Waals surface area contributed by atoms with E-state index in [9.17, 15) is 17.6 Å². The van der Waals surface area contributed by atoms with Crippen LogP contribution < -0.4 is 5.32 Å². The maximum atomic E-state index is 13.3. The van der Waals surface area contributed by atoms with Gasteiger partial charge in [0.2, 0.25) is 27.6 Å². The van der Waals surface area contributed by atoms with E-state index in [1.165, 1.54) is 27.8 Å². The number of halogens is 2. The van der Waals surface area contributed by atoms with Gasteiger partial charge in [-0.3, -0.25) is 4.79 Å². The van der Waals surface area contributed by atoms with Crippen LogP contribution in [0.15, 0.2) is 33.7 Å². The number of piperidine rings is 1. The van der Waals surface area contributed by atoms with E-state index in [2.05, 4.69) is 15.5 Å². The van der Waals surface area contributed by atoms with E-state index < -0.39 is 21.8 Å². The summed E-state index contributed by atoms with van der Waals surface area (Å²) in [6.45, 7) is 3.74. The van der Waals surface area contributed by atoms with Crippen LogP contribution in [-0.2, 0) is 14.8 Å². The zero-order valence-electron chi connectivity index (χ0n) is 17.3. The van der Waals surface area contributed by atoms with Gasteiger partial charge in [-0.1, -0.05) is 16.8 Å². The van der Waals surface area contributed by atoms with Gasteiger partial charge in [-0.25, -0.2) is 12.8 Å². The van der Waals surface area contributed by atoms with Crippen molar-refractivity contribution >= 4 is 44.6 Å². The second-order valence-corrected chi connectivity index (χ2v) is 11.1. The summed E-state index contributed by atoms with van der Waals surface area (Å²) >= 11 is 7.26. The highest BCUT2D eigenvalue weighted by atomic mass is 35.5. The van der Waals surface area contributed by atoms with Crippen LogP contribution in [0.4, 0.5) is 10.1 Å². The Labute approximate surface area is 193 Å². The van der Waals surface area contributed by atoms with Crippen molar-refractivity contribution < 1.29 is 22.1 Å². The van der Waals surface area contributed by atoms with E-state index in [-0.39, 0.29) is 28.1 Å². The monoisotopic (exact) mass is 498 g/mol. The molecule has 32 heavy (non-hydrogen) atoms. The Bertz CT molecular complexity index is 1270. The molecule has 3 heterocycles. The van der Waals surface area contributed by atoms with Crippen molar-refractivity contribution in [2.45, 2.75) is 31.6 Å². The zero-order valence-corrected chi connectivity index (χ0v) is 19.7. The van der Waals surface area contributed by atoms with Crippen molar-refractivity contribution in [1.29, 1.82) is 0 Å². The Balaban J connectivity index is 1.52. The van der Waals surface area contributed by atoms with E-state index in [1.807, 2.05) is 0 Å². The third-order valence-electron chi connectivity index (χ3n) is 5.18. The van der Waals surface area contributed by atoms with Crippen molar-refractivity contribution in [3.63, 3.8) is 0 Å². The van der Waals surface area contributed by atoms with Crippen molar-refractivity contribution in [3.05, 3.63) is 45.9 Å². The number of hydrogen-bond donors (Lipinski definition) is 1. The number of aryl methyl sites for hydroxylation is 2. The highest BCUT2D eigenvalue weighted by molar-refractivity contribution is 7.89. The number of carbonyl (C=O) groups is 1. The van der Waals surface area contributed by atoms with Gasteiger partial charge in [0.1, 0.15) is 5.82 Å². The predicted molar refractivity (Wildman–Crippen MR) is 119 cm³/mol. The molecule has 1 fully saturated rings. The van der Waals surface area contributed by atoms with E-state index in [0.29, 0.717) is 40.9 Å². The molecule has 0 saturated carbocycles. The molecule has 3 aromatic rings. The summed E-state index contributed by atoms with van der Waals surface area (Å²) in [4.78, 5) is 18.3. The number of sulfonamides is 1. The number of benzene rings is 1. The van der Waals surface area contributed by atoms with E-state index >= 15 is 0 Å². The lowest BCUT2D eigenvalue weighted by molar-refractivity contribution is -0.120. The summed E-state index contributed by atoms with van der Waals surface area (Å²) in [6.07, 6.45) is 1.07. The van der Waals surface area contributed by atoms with Crippen LogP contribution in [0, 0.1) is 25.6 Å². The minimum absolute atomic E-state index is 0.0406. The number of rotatable bonds is 5. The van der Waals surface area contributed by atoms with E-state index in [1.54, 1.807) is 19.9 Å². The fourth-order valence-corrected chi connectivity index (χ4v) is 6.79. The van der Waals surface area contributed by atoms with Crippen LogP contribution in [-0.4, -0.2) is 41.9 Å². The van der Waals surface area contributed by atoms with Gasteiger partial charge in [0.05, 0.1) is 26.4 Å². The largest absolute Gasteiger partial charge is 0.339 e. The van der Waals surface area contributed by atoms with Gasteiger partial charge < -0.3 is 9.84 Å². The Morgan fingerprint density at radius 3 is 2.81 bits per heavy atom. The summed E-state index contributed by atoms with van der Waals surface area (Å²) < 4.78 is 46.3. The van der Waals surface area contributed by atoms with Crippen molar-refractivity contribution in [2.24, 2.45) is 5.92 Å². The molecule has 0 unspecified atom stereocenters. The summed E-state index contributed by atoms with van der Waals surface area (Å²) in [5.74, 6) is -0.698. The summed E-state index contributed by atoms with van der Waals surface area (Å²) in [6, 6.07) is 5.22. The molecule has 8 nitrogen and oxygen atoms in total. The number of hydrogen-bond acceptors (Lipinski definition) is 7. The smallest absolute Gasteiger partial charge is 0.244 e. The predicted octanol–water partition coefficient (Wildman–Crippen LogP) is 4.25. The van der Waals surface area contributed by atoms with Gasteiger partial charge in [-0.15, -0.1) is 11.3 Å². The van der Waals surface area contributed by atoms with E-state index in [4.69, 9.17) is 16.1 Å². The molecular weight excluding hydrogens is 479 g/mol. The third kappa shape index (κ3) is 4.56. The molecule has 1 N–H and O–H groups in total. The number of amides is 1. The molecule has 170 valence electrons. The molecule has 1 aliphatic rings. The molecule has 4 rings (SSSR count). The maximum Gasteiger partial charge on any atom is 0.244 e. The first kappa shape index (κ1) is 22.8. The summed E-state index contributed by atoms with van der Waals surface area (Å²) in [5.41, 5.74) is 0.284. The SMILES string of the molecule is Cc1nc(-c2cc(S(=O)(=O)N3CCC[C@@H](C(=O)Nc4ccc(F)cc4Cl)C3)c(C)s2)no1. The Morgan fingerprint density at radius 2 is 2.12 bits per heavy atom. The number of anilines is 1. The fraction of sp³-hybridized carbons (Fsp3) is 0.350. The molecule has 1 atom stereocenters. The van der Waals surface area contributed by atoms with Crippen LogP contribution in [0.25, 0.3) is 10.7 Å². The van der Waals surface area contributed by atoms with Gasteiger partial charge in [0.15, 0.2) is 0 Å². The number of nitrogens with zero attached hydrogens (tertiary/aromatic N) is 3. The quantitative estimate of drug-likeness (QED) is 0.563. The third-order valence-corrected chi connectivity index (χ3v) is 8.66. The molecule has 1 amide bonds. The first-order valence-electron chi connectivity index (χ1n) is 9.82. The highest BCUT2D eigenvalue weighted by Crippen LogP contribution is 2.35. The molecule has 0 aliphatic carbocycles. The van der Waals surface area contributed by atoms with Gasteiger partial charge in [0, 0.05) is 24.9 Å². The van der Waals surface area contributed by atoms with Crippen LogP contribution in [0.5, 0.6) is 0 Å². The molecule has 0 spiro atoms. The van der Waals surface area contributed by atoms with Gasteiger partial charge in [0.25, 0.3) is 0 Å². The Kier molecular flexibility index (Phi) is 6.35. The maximum absolute atomic E-state index is 13.3. The van der Waals surface area contributed by atoms with Crippen molar-refractivity contribution in [2.75, 3.05) is 18.4 Å². The molecule has 12 heteroatoms. The fourth-order valence-electron chi connectivity index (χ4n) is 3.57. The first-order chi connectivity index (χ1) is 15.1. The van der Waals surface area contributed by atoms with Crippen molar-refractivity contribution in [3.8, 4) is 10.7 Å². The lowest BCUT2D eigenvalue weighted by Gasteiger charge is -2.31. The van der Waals surface area contributed by atoms with Crippen molar-refractivity contribution in [1.82, 2.24) is 14.4 Å². The molecule has 0 radical (unpaired) electrons. The topological polar surface area (TPSA) is 105 Å². The highest BCUT2D eigenvalue weighted by Gasteiger charge is 2.35. The molecule has 1 aliphatic heterocycles. The van der Waals surface area contributed by atoms with Crippen LogP contribution in [0.2, 0.25) is 5.02 Å². The number of nitrogens with one attached hydrogen (secondary N) is 1. The molecular formula is C20H20ClFN4O4S2. The lowest BCUT2D eigenvalue weighted by atomic mass is 9.98. The van der Waals surface area contributed by atoms with Crippen LogP contribution >= 0.6 is 22.9 Å². The Hall–Kier alpha value is -2.34. The average Bonchev–Trinajstić information content (AvgIpc) is 3.36. The first-order valence-corrected chi connectivity index (χ1v) is 12.5. The number of thiophene rings is 1. The standard InChI is InChI=1S/C20H20ClFN4O4S2/c1-11-18(9-17(31-11)19-23-12(2)30-25-19)32(28,29)26-7-3-4-13(10-26)20(27)24-16-6-5-14(22)8-15(16)21/h5-6,8-9,13H,3-4,7,10H2,1-2H3,(H,24,27)/t13-/m1/s1. The van der Waals surface area contributed by atoms with Gasteiger partial charge >= 0.3 is 0 Å². The van der Waals surface area contributed by atoms with Crippen LogP contribution in [0.3, 0.4) is 0 Å². The zero-order chi connectivity index (χ0) is 23.0. The minimum Gasteiger partial charge on any atom is -0.339 e. The van der Waals surface area contributed by atoms with Crippen LogP contribution in [0.1, 0.15) is 23.6 Å². The molecule has 0 bridgehead atoms. The number of aromatic nitrogens is 2. The molecule has 1 saturated heterocycles.